The molecule has 0 spiro atoms. The van der Waals surface area contributed by atoms with Crippen molar-refractivity contribution in [1.29, 1.82) is 0 Å². The van der Waals surface area contributed by atoms with Crippen LogP contribution in [-0.4, -0.2) is 33.8 Å². The first-order chi connectivity index (χ1) is 16.1. The van der Waals surface area contributed by atoms with Gasteiger partial charge >= 0.3 is 0 Å². The normalized spacial score (nSPS) is 16.0. The van der Waals surface area contributed by atoms with Crippen LogP contribution in [0.3, 0.4) is 0 Å². The van der Waals surface area contributed by atoms with Crippen LogP contribution >= 0.6 is 0 Å². The van der Waals surface area contributed by atoms with Crippen molar-refractivity contribution in [2.75, 3.05) is 7.11 Å². The molecule has 7 nitrogen and oxygen atoms in total. The lowest BCUT2D eigenvalue weighted by molar-refractivity contribution is -0.130. The molecule has 3 heterocycles. The predicted octanol–water partition coefficient (Wildman–Crippen LogP) is 4.61. The summed E-state index contributed by atoms with van der Waals surface area (Å²) in [6, 6.07) is 20.5. The molecule has 33 heavy (non-hydrogen) atoms. The number of rotatable bonds is 6. The van der Waals surface area contributed by atoms with Gasteiger partial charge in [-0.3, -0.25) is 14.6 Å². The number of aliphatic hydroxyl groups is 1. The van der Waals surface area contributed by atoms with Crippen LogP contribution in [0.2, 0.25) is 0 Å². The van der Waals surface area contributed by atoms with E-state index in [0.29, 0.717) is 17.0 Å². The summed E-state index contributed by atoms with van der Waals surface area (Å²) in [6.45, 7) is 0.116. The number of Topliss-reactive ketones (excluding diaryl/α,β-unsaturated/α-hetero) is 1. The monoisotopic (exact) mass is 440 g/mol. The standard InChI is InChI=1S/C26H20N2O5/c1-32-19-11-4-3-9-17(19)15-28-23(18-10-6-7-13-27-18)22(25(30)26(28)31)24(29)21-14-16-8-2-5-12-20(16)33-21/h2-14,23,30H,15H2,1H3. The second-order valence-corrected chi connectivity index (χ2v) is 7.64. The van der Waals surface area contributed by atoms with Crippen LogP contribution in [0.4, 0.5) is 0 Å². The third-order valence-corrected chi connectivity index (χ3v) is 5.70. The molecule has 4 aromatic rings. The summed E-state index contributed by atoms with van der Waals surface area (Å²) in [5.74, 6) is -1.18. The fourth-order valence-corrected chi connectivity index (χ4v) is 4.14. The molecule has 0 fully saturated rings. The Morgan fingerprint density at radius 1 is 1.09 bits per heavy atom. The lowest BCUT2D eigenvalue weighted by atomic mass is 9.98. The zero-order chi connectivity index (χ0) is 22.9. The van der Waals surface area contributed by atoms with Crippen molar-refractivity contribution >= 4 is 22.7 Å². The van der Waals surface area contributed by atoms with Crippen molar-refractivity contribution in [3.05, 3.63) is 107 Å². The smallest absolute Gasteiger partial charge is 0.290 e. The van der Waals surface area contributed by atoms with E-state index in [4.69, 9.17) is 9.15 Å². The summed E-state index contributed by atoms with van der Waals surface area (Å²) in [4.78, 5) is 32.5. The van der Waals surface area contributed by atoms with Crippen molar-refractivity contribution in [1.82, 2.24) is 9.88 Å². The molecule has 164 valence electrons. The van der Waals surface area contributed by atoms with Crippen LogP contribution in [-0.2, 0) is 11.3 Å². The first-order valence-corrected chi connectivity index (χ1v) is 10.4. The molecular weight excluding hydrogens is 420 g/mol. The Hall–Kier alpha value is -4.39. The number of aromatic nitrogens is 1. The van der Waals surface area contributed by atoms with Gasteiger partial charge in [0.15, 0.2) is 11.5 Å². The fraction of sp³-hybridized carbons (Fsp3) is 0.115. The third-order valence-electron chi connectivity index (χ3n) is 5.70. The molecule has 2 aromatic heterocycles. The van der Waals surface area contributed by atoms with Gasteiger partial charge in [-0.05, 0) is 30.3 Å². The van der Waals surface area contributed by atoms with Gasteiger partial charge in [-0.25, -0.2) is 0 Å². The van der Waals surface area contributed by atoms with Gasteiger partial charge in [0.25, 0.3) is 5.91 Å². The van der Waals surface area contributed by atoms with Gasteiger partial charge in [0.1, 0.15) is 17.4 Å². The van der Waals surface area contributed by atoms with Crippen molar-refractivity contribution < 1.29 is 23.8 Å². The van der Waals surface area contributed by atoms with Gasteiger partial charge in [0.05, 0.1) is 24.9 Å². The van der Waals surface area contributed by atoms with Crippen LogP contribution in [0.5, 0.6) is 5.75 Å². The summed E-state index contributed by atoms with van der Waals surface area (Å²) in [5, 5.41) is 11.6. The Balaban J connectivity index is 1.60. The van der Waals surface area contributed by atoms with Crippen LogP contribution in [0.25, 0.3) is 11.0 Å². The molecule has 1 aliphatic rings. The molecule has 0 radical (unpaired) electrons. The highest BCUT2D eigenvalue weighted by Crippen LogP contribution is 2.40. The molecule has 0 saturated heterocycles. The second kappa shape index (κ2) is 8.27. The molecule has 2 aromatic carbocycles. The highest BCUT2D eigenvalue weighted by atomic mass is 16.5. The van der Waals surface area contributed by atoms with Gasteiger partial charge in [-0.2, -0.15) is 0 Å². The first-order valence-electron chi connectivity index (χ1n) is 10.4. The number of ether oxygens (including phenoxy) is 1. The minimum Gasteiger partial charge on any atom is -0.503 e. The largest absolute Gasteiger partial charge is 0.503 e. The topological polar surface area (TPSA) is 92.9 Å². The fourth-order valence-electron chi connectivity index (χ4n) is 4.14. The van der Waals surface area contributed by atoms with Gasteiger partial charge in [0.2, 0.25) is 5.78 Å². The van der Waals surface area contributed by atoms with E-state index in [-0.39, 0.29) is 17.9 Å². The molecule has 1 atom stereocenters. The van der Waals surface area contributed by atoms with Crippen LogP contribution < -0.4 is 4.74 Å². The van der Waals surface area contributed by atoms with Gasteiger partial charge < -0.3 is 19.2 Å². The number of furan rings is 1. The Morgan fingerprint density at radius 2 is 1.85 bits per heavy atom. The van der Waals surface area contributed by atoms with Crippen molar-refractivity contribution in [2.24, 2.45) is 0 Å². The number of benzene rings is 2. The van der Waals surface area contributed by atoms with E-state index in [9.17, 15) is 14.7 Å². The Bertz CT molecular complexity index is 1360. The number of pyridine rings is 1. The summed E-state index contributed by atoms with van der Waals surface area (Å²) >= 11 is 0. The molecule has 1 aliphatic heterocycles. The number of hydrogen-bond acceptors (Lipinski definition) is 6. The lowest BCUT2D eigenvalue weighted by Gasteiger charge is -2.26. The molecule has 0 aliphatic carbocycles. The van der Waals surface area contributed by atoms with Crippen molar-refractivity contribution in [2.45, 2.75) is 12.6 Å². The number of nitrogens with zero attached hydrogens (tertiary/aromatic N) is 2. The molecule has 1 N–H and O–H groups in total. The number of hydrogen-bond donors (Lipinski definition) is 1. The maximum absolute atomic E-state index is 13.5. The number of carbonyl (C=O) groups excluding carboxylic acids is 2. The van der Waals surface area contributed by atoms with Crippen LogP contribution in [0, 0.1) is 0 Å². The number of amides is 1. The molecule has 1 unspecified atom stereocenters. The minimum atomic E-state index is -0.885. The van der Waals surface area contributed by atoms with Crippen LogP contribution in [0.15, 0.2) is 94.7 Å². The average Bonchev–Trinajstić information content (AvgIpc) is 3.39. The SMILES string of the molecule is COc1ccccc1CN1C(=O)C(O)=C(C(=O)c2cc3ccccc3o2)C1c1ccccn1. The summed E-state index contributed by atoms with van der Waals surface area (Å²) in [7, 11) is 1.55. The Morgan fingerprint density at radius 3 is 2.61 bits per heavy atom. The average molecular weight is 440 g/mol. The van der Waals surface area contributed by atoms with Crippen LogP contribution in [0.1, 0.15) is 27.9 Å². The lowest BCUT2D eigenvalue weighted by Crippen LogP contribution is -2.31. The number of carbonyl (C=O) groups is 2. The van der Waals surface area contributed by atoms with E-state index in [1.165, 1.54) is 4.90 Å². The Kier molecular flexibility index (Phi) is 5.14. The zero-order valence-electron chi connectivity index (χ0n) is 17.8. The zero-order valence-corrected chi connectivity index (χ0v) is 17.8. The van der Waals surface area contributed by atoms with Gasteiger partial charge in [-0.1, -0.05) is 42.5 Å². The van der Waals surface area contributed by atoms with E-state index in [1.807, 2.05) is 36.4 Å². The highest BCUT2D eigenvalue weighted by molar-refractivity contribution is 6.15. The first kappa shape index (κ1) is 20.5. The summed E-state index contributed by atoms with van der Waals surface area (Å²) in [6.07, 6.45) is 1.58. The second-order valence-electron chi connectivity index (χ2n) is 7.64. The maximum Gasteiger partial charge on any atom is 0.290 e. The molecule has 0 saturated carbocycles. The number of methoxy groups -OCH3 is 1. The number of fused-ring (bicyclic) bond motifs is 1. The van der Waals surface area contributed by atoms with Gasteiger partial charge in [-0.15, -0.1) is 0 Å². The van der Waals surface area contributed by atoms with E-state index >= 15 is 0 Å². The molecule has 7 heteroatoms. The molecule has 1 amide bonds. The van der Waals surface area contributed by atoms with E-state index in [2.05, 4.69) is 4.98 Å². The molecule has 5 rings (SSSR count). The number of aliphatic hydroxyl groups excluding tert-OH is 1. The summed E-state index contributed by atoms with van der Waals surface area (Å²) < 4.78 is 11.2. The van der Waals surface area contributed by atoms with Gasteiger partial charge in [0, 0.05) is 17.1 Å². The number of para-hydroxylation sites is 2. The third kappa shape index (κ3) is 3.53. The van der Waals surface area contributed by atoms with E-state index in [1.54, 1.807) is 49.7 Å². The van der Waals surface area contributed by atoms with Crippen molar-refractivity contribution in [3.8, 4) is 5.75 Å². The predicted molar refractivity (Wildman–Crippen MR) is 121 cm³/mol. The Labute approximate surface area is 189 Å². The van der Waals surface area contributed by atoms with E-state index in [0.717, 1.165) is 10.9 Å². The highest BCUT2D eigenvalue weighted by Gasteiger charge is 2.45. The maximum atomic E-state index is 13.5. The molecule has 0 bridgehead atoms. The minimum absolute atomic E-state index is 0.0469. The molecular formula is C26H20N2O5. The summed E-state index contributed by atoms with van der Waals surface area (Å²) in [5.41, 5.74) is 1.68. The van der Waals surface area contributed by atoms with E-state index < -0.39 is 23.5 Å². The quantitative estimate of drug-likeness (QED) is 0.440. The van der Waals surface area contributed by atoms with Crippen molar-refractivity contribution in [3.63, 3.8) is 0 Å². The number of ketones is 1.